The van der Waals surface area contributed by atoms with Crippen LogP contribution in [0.15, 0.2) is 0 Å². The Morgan fingerprint density at radius 1 is 1.09 bits per heavy atom. The fourth-order valence-electron chi connectivity index (χ4n) is 0.701. The third kappa shape index (κ3) is 3.77. The summed E-state index contributed by atoms with van der Waals surface area (Å²) >= 11 is 0. The van der Waals surface area contributed by atoms with Crippen molar-refractivity contribution in [3.8, 4) is 12.1 Å². The van der Waals surface area contributed by atoms with Crippen LogP contribution in [0.5, 0.6) is 0 Å². The van der Waals surface area contributed by atoms with E-state index >= 15 is 0 Å². The molecule has 0 saturated carbocycles. The first-order valence-electron chi connectivity index (χ1n) is 3.51. The summed E-state index contributed by atoms with van der Waals surface area (Å²) in [7, 11) is -1.44. The van der Waals surface area contributed by atoms with Gasteiger partial charge in [0, 0.05) is 0 Å². The Labute approximate surface area is 68.9 Å². The van der Waals surface area contributed by atoms with Crippen LogP contribution in [-0.4, -0.2) is 25.9 Å². The maximum absolute atomic E-state index is 8.45. The van der Waals surface area contributed by atoms with Crippen molar-refractivity contribution in [3.63, 3.8) is 0 Å². The predicted octanol–water partition coefficient (Wildman–Crippen LogP) is 1.17. The van der Waals surface area contributed by atoms with Crippen LogP contribution in [0, 0.1) is 22.7 Å². The zero-order valence-electron chi connectivity index (χ0n) is 7.26. The summed E-state index contributed by atoms with van der Waals surface area (Å²) in [6.45, 7) is 7.14. The van der Waals surface area contributed by atoms with Gasteiger partial charge in [-0.1, -0.05) is 19.6 Å². The average Bonchev–Trinajstić information content (AvgIpc) is 1.85. The second kappa shape index (κ2) is 4.12. The molecule has 0 saturated heterocycles. The fraction of sp³-hybridized carbons (Fsp3) is 0.714. The minimum absolute atomic E-state index is 0.378. The summed E-state index contributed by atoms with van der Waals surface area (Å²) in [4.78, 5) is 0. The highest BCUT2D eigenvalue weighted by atomic mass is 28.3. The van der Waals surface area contributed by atoms with Crippen LogP contribution in [0.1, 0.15) is 0 Å². The van der Waals surface area contributed by atoms with E-state index < -0.39 is 8.24 Å². The van der Waals surface area contributed by atoms with Gasteiger partial charge in [-0.25, -0.2) is 0 Å². The molecule has 0 aromatic carbocycles. The molecule has 0 bridgehead atoms. The summed E-state index contributed by atoms with van der Waals surface area (Å²) in [5, 5.41) is 16.9. The van der Waals surface area contributed by atoms with Crippen LogP contribution >= 0.6 is 0 Å². The van der Waals surface area contributed by atoms with E-state index in [9.17, 15) is 0 Å². The van der Waals surface area contributed by atoms with E-state index in [1.54, 1.807) is 0 Å². The molecule has 0 amide bonds. The van der Waals surface area contributed by atoms with Gasteiger partial charge in [-0.05, 0) is 0 Å². The lowest BCUT2D eigenvalue weighted by Gasteiger charge is -2.28. The van der Waals surface area contributed by atoms with E-state index in [1.807, 2.05) is 4.57 Å². The summed E-state index contributed by atoms with van der Waals surface area (Å²) in [6, 6.07) is 4.14. The minimum atomic E-state index is -1.44. The molecule has 11 heavy (non-hydrogen) atoms. The van der Waals surface area contributed by atoms with E-state index in [0.29, 0.717) is 13.1 Å². The molecule has 0 aromatic rings. The largest absolute Gasteiger partial charge is 0.300 e. The molecule has 0 radical (unpaired) electrons. The summed E-state index contributed by atoms with van der Waals surface area (Å²) in [6.07, 6.45) is 0. The predicted molar refractivity (Wildman–Crippen MR) is 46.1 cm³/mol. The topological polar surface area (TPSA) is 50.8 Å². The second-order valence-corrected chi connectivity index (χ2v) is 8.32. The molecule has 0 fully saturated rings. The van der Waals surface area contributed by atoms with E-state index in [2.05, 4.69) is 31.8 Å². The molecule has 0 aliphatic carbocycles. The Kier molecular flexibility index (Phi) is 3.81. The number of rotatable bonds is 3. The van der Waals surface area contributed by atoms with Crippen LogP contribution in [0.2, 0.25) is 19.6 Å². The molecule has 0 N–H and O–H groups in total. The highest BCUT2D eigenvalue weighted by molar-refractivity contribution is 6.73. The number of nitriles is 2. The molecule has 0 atom stereocenters. The van der Waals surface area contributed by atoms with Crippen molar-refractivity contribution in [2.75, 3.05) is 13.1 Å². The Hall–Kier alpha value is -0.843. The molecule has 0 spiro atoms. The van der Waals surface area contributed by atoms with Crippen LogP contribution in [0.25, 0.3) is 0 Å². The molecular formula is C7H13N3Si. The standard InChI is InChI=1S/C7H13N3Si/c1-11(2,3)10(6-4-8)7-5-9/h6-7H2,1-3H3. The molecule has 3 nitrogen and oxygen atoms in total. The summed E-state index contributed by atoms with van der Waals surface area (Å²) in [5.74, 6) is 0. The minimum Gasteiger partial charge on any atom is -0.300 e. The average molecular weight is 167 g/mol. The third-order valence-electron chi connectivity index (χ3n) is 1.47. The Balaban J connectivity index is 4.15. The molecule has 4 heteroatoms. The third-order valence-corrected chi connectivity index (χ3v) is 3.69. The maximum atomic E-state index is 8.45. The van der Waals surface area contributed by atoms with Crippen molar-refractivity contribution >= 4 is 8.24 Å². The molecule has 0 rings (SSSR count). The molecule has 60 valence electrons. The zero-order chi connectivity index (χ0) is 8.91. The maximum Gasteiger partial charge on any atom is 0.121 e. The van der Waals surface area contributed by atoms with Gasteiger partial charge in [0.15, 0.2) is 0 Å². The SMILES string of the molecule is C[Si](C)(C)N(CC#N)CC#N. The fourth-order valence-corrected chi connectivity index (χ4v) is 1.79. The van der Waals surface area contributed by atoms with Crippen molar-refractivity contribution in [1.82, 2.24) is 4.57 Å². The van der Waals surface area contributed by atoms with Gasteiger partial charge < -0.3 is 0 Å². The molecular weight excluding hydrogens is 154 g/mol. The van der Waals surface area contributed by atoms with Gasteiger partial charge in [0.1, 0.15) is 8.24 Å². The number of hydrogen-bond acceptors (Lipinski definition) is 3. The smallest absolute Gasteiger partial charge is 0.121 e. The normalized spacial score (nSPS) is 10.7. The Morgan fingerprint density at radius 3 is 1.64 bits per heavy atom. The van der Waals surface area contributed by atoms with Gasteiger partial charge in [-0.3, -0.25) is 4.57 Å². The van der Waals surface area contributed by atoms with E-state index in [1.165, 1.54) is 0 Å². The van der Waals surface area contributed by atoms with Crippen LogP contribution < -0.4 is 0 Å². The first kappa shape index (κ1) is 10.2. The van der Waals surface area contributed by atoms with E-state index in [-0.39, 0.29) is 0 Å². The van der Waals surface area contributed by atoms with Gasteiger partial charge in [-0.15, -0.1) is 0 Å². The summed E-state index contributed by atoms with van der Waals surface area (Å²) in [5.41, 5.74) is 0. The van der Waals surface area contributed by atoms with Crippen LogP contribution in [0.3, 0.4) is 0 Å². The lowest BCUT2D eigenvalue weighted by molar-refractivity contribution is 0.528. The summed E-state index contributed by atoms with van der Waals surface area (Å²) < 4.78 is 1.97. The van der Waals surface area contributed by atoms with Crippen molar-refractivity contribution < 1.29 is 0 Å². The van der Waals surface area contributed by atoms with Gasteiger partial charge in [0.05, 0.1) is 25.2 Å². The highest BCUT2D eigenvalue weighted by Crippen LogP contribution is 2.06. The number of nitrogens with zero attached hydrogens (tertiary/aromatic N) is 3. The first-order chi connectivity index (χ1) is 5.02. The molecule has 0 aliphatic heterocycles. The molecule has 0 aromatic heterocycles. The van der Waals surface area contributed by atoms with Crippen molar-refractivity contribution in [1.29, 1.82) is 10.5 Å². The van der Waals surface area contributed by atoms with Gasteiger partial charge in [0.25, 0.3) is 0 Å². The lowest BCUT2D eigenvalue weighted by atomic mass is 10.6. The monoisotopic (exact) mass is 167 g/mol. The molecule has 0 aliphatic rings. The Morgan fingerprint density at radius 2 is 1.45 bits per heavy atom. The highest BCUT2D eigenvalue weighted by Gasteiger charge is 2.22. The Bertz CT molecular complexity index is 177. The van der Waals surface area contributed by atoms with Gasteiger partial charge in [0.2, 0.25) is 0 Å². The second-order valence-electron chi connectivity index (χ2n) is 3.34. The van der Waals surface area contributed by atoms with Crippen molar-refractivity contribution in [2.24, 2.45) is 0 Å². The van der Waals surface area contributed by atoms with Gasteiger partial charge >= 0.3 is 0 Å². The molecule has 0 heterocycles. The zero-order valence-corrected chi connectivity index (χ0v) is 8.26. The van der Waals surface area contributed by atoms with Crippen molar-refractivity contribution in [3.05, 3.63) is 0 Å². The van der Waals surface area contributed by atoms with E-state index in [4.69, 9.17) is 10.5 Å². The quantitative estimate of drug-likeness (QED) is 0.468. The molecule has 0 unspecified atom stereocenters. The van der Waals surface area contributed by atoms with Crippen molar-refractivity contribution in [2.45, 2.75) is 19.6 Å². The van der Waals surface area contributed by atoms with Crippen LogP contribution in [-0.2, 0) is 0 Å². The number of hydrogen-bond donors (Lipinski definition) is 0. The van der Waals surface area contributed by atoms with Crippen LogP contribution in [0.4, 0.5) is 0 Å². The lowest BCUT2D eigenvalue weighted by Crippen LogP contribution is -2.46. The van der Waals surface area contributed by atoms with Gasteiger partial charge in [-0.2, -0.15) is 10.5 Å². The first-order valence-corrected chi connectivity index (χ1v) is 6.96. The van der Waals surface area contributed by atoms with E-state index in [0.717, 1.165) is 0 Å².